The van der Waals surface area contributed by atoms with Crippen molar-refractivity contribution in [3.63, 3.8) is 0 Å². The summed E-state index contributed by atoms with van der Waals surface area (Å²) in [5.74, 6) is 2.42. The molecule has 10 heteroatoms. The van der Waals surface area contributed by atoms with Crippen LogP contribution in [-0.4, -0.2) is 94.7 Å². The van der Waals surface area contributed by atoms with Gasteiger partial charge in [0, 0.05) is 38.8 Å². The number of likely N-dealkylation sites (N-methyl/N-ethyl adjacent to an activating group) is 1. The molecule has 0 aromatic carbocycles. The van der Waals surface area contributed by atoms with Crippen LogP contribution in [0.1, 0.15) is 57.4 Å². The van der Waals surface area contributed by atoms with Crippen molar-refractivity contribution in [1.82, 2.24) is 34.3 Å². The Labute approximate surface area is 226 Å². The highest BCUT2D eigenvalue weighted by Crippen LogP contribution is 2.33. The Kier molecular flexibility index (Phi) is 8.90. The molecular formula is C28H44N10. The van der Waals surface area contributed by atoms with E-state index >= 15 is 0 Å². The van der Waals surface area contributed by atoms with Crippen LogP contribution < -0.4 is 15.5 Å². The fraction of sp³-hybridized carbons (Fsp3) is 0.643. The average Bonchev–Trinajstić information content (AvgIpc) is 3.59. The summed E-state index contributed by atoms with van der Waals surface area (Å²) >= 11 is 0. The Morgan fingerprint density at radius 3 is 2.47 bits per heavy atom. The van der Waals surface area contributed by atoms with Gasteiger partial charge in [0.15, 0.2) is 17.0 Å². The molecule has 0 amide bonds. The number of fused-ring (bicyclic) bond motifs is 1. The lowest BCUT2D eigenvalue weighted by Gasteiger charge is -2.33. The minimum atomic E-state index is 0.469. The van der Waals surface area contributed by atoms with Crippen LogP contribution in [0.3, 0.4) is 0 Å². The molecule has 1 saturated carbocycles. The van der Waals surface area contributed by atoms with E-state index < -0.39 is 0 Å². The van der Waals surface area contributed by atoms with Gasteiger partial charge in [-0.2, -0.15) is 9.97 Å². The number of hydrogen-bond acceptors (Lipinski definition) is 9. The van der Waals surface area contributed by atoms with Crippen LogP contribution in [0.4, 0.5) is 23.3 Å². The van der Waals surface area contributed by atoms with Gasteiger partial charge in [0.1, 0.15) is 5.82 Å². The van der Waals surface area contributed by atoms with Crippen LogP contribution in [0.25, 0.3) is 11.2 Å². The van der Waals surface area contributed by atoms with Crippen molar-refractivity contribution < 1.29 is 0 Å². The van der Waals surface area contributed by atoms with E-state index in [1.165, 1.54) is 44.9 Å². The molecule has 1 aliphatic carbocycles. The maximum Gasteiger partial charge on any atom is 0.226 e. The highest BCUT2D eigenvalue weighted by atomic mass is 15.3. The first-order chi connectivity index (χ1) is 18.6. The average molecular weight is 521 g/mol. The second-order valence-electron chi connectivity index (χ2n) is 11.1. The maximum atomic E-state index is 4.93. The summed E-state index contributed by atoms with van der Waals surface area (Å²) in [5, 5.41) is 6.98. The smallest absolute Gasteiger partial charge is 0.226 e. The Hall–Kier alpha value is -2.98. The van der Waals surface area contributed by atoms with Crippen LogP contribution in [0, 0.1) is 0 Å². The summed E-state index contributed by atoms with van der Waals surface area (Å²) in [6.07, 6.45) is 13.6. The van der Waals surface area contributed by atoms with Crippen LogP contribution in [0.15, 0.2) is 24.7 Å². The van der Waals surface area contributed by atoms with Gasteiger partial charge in [-0.1, -0.05) is 25.7 Å². The third kappa shape index (κ3) is 6.71. The number of aromatic nitrogens is 5. The van der Waals surface area contributed by atoms with Gasteiger partial charge in [-0.15, -0.1) is 0 Å². The quantitative estimate of drug-likeness (QED) is 0.338. The molecule has 38 heavy (non-hydrogen) atoms. The molecule has 206 valence electrons. The molecule has 4 heterocycles. The fourth-order valence-electron chi connectivity index (χ4n) is 5.46. The summed E-state index contributed by atoms with van der Waals surface area (Å²) in [7, 11) is 6.44. The molecule has 0 spiro atoms. The Balaban J connectivity index is 1.29. The summed E-state index contributed by atoms with van der Waals surface area (Å²) in [6, 6.07) is 4.65. The van der Waals surface area contributed by atoms with Crippen molar-refractivity contribution in [2.24, 2.45) is 0 Å². The van der Waals surface area contributed by atoms with Crippen molar-refractivity contribution in [2.75, 3.05) is 75.9 Å². The van der Waals surface area contributed by atoms with E-state index in [0.29, 0.717) is 12.0 Å². The zero-order valence-electron chi connectivity index (χ0n) is 23.4. The van der Waals surface area contributed by atoms with E-state index in [1.54, 1.807) is 0 Å². The molecule has 1 saturated heterocycles. The second-order valence-corrected chi connectivity index (χ2v) is 11.1. The molecule has 2 fully saturated rings. The number of hydrogen-bond donors (Lipinski definition) is 2. The zero-order chi connectivity index (χ0) is 26.3. The number of anilines is 4. The zero-order valence-corrected chi connectivity index (χ0v) is 23.4. The van der Waals surface area contributed by atoms with Crippen molar-refractivity contribution in [1.29, 1.82) is 0 Å². The van der Waals surface area contributed by atoms with Gasteiger partial charge >= 0.3 is 0 Å². The van der Waals surface area contributed by atoms with Gasteiger partial charge in [-0.3, -0.25) is 0 Å². The molecule has 0 radical (unpaired) electrons. The predicted octanol–water partition coefficient (Wildman–Crippen LogP) is 4.37. The molecule has 0 unspecified atom stereocenters. The molecule has 2 N–H and O–H groups in total. The Bertz CT molecular complexity index is 1140. The lowest BCUT2D eigenvalue weighted by Crippen LogP contribution is -2.44. The molecule has 0 bridgehead atoms. The van der Waals surface area contributed by atoms with Crippen molar-refractivity contribution >= 4 is 34.4 Å². The lowest BCUT2D eigenvalue weighted by molar-refractivity contribution is 0.312. The SMILES string of the molecule is CN(C)CCCCCCNc1nc(Nc2ccc(N3CCN(C)CC3)nc2)c2ncn(C3CCCC3)c2n1. The summed E-state index contributed by atoms with van der Waals surface area (Å²) < 4.78 is 2.26. The van der Waals surface area contributed by atoms with E-state index in [1.807, 2.05) is 12.5 Å². The molecule has 3 aromatic heterocycles. The summed E-state index contributed by atoms with van der Waals surface area (Å²) in [6.45, 7) is 6.16. The van der Waals surface area contributed by atoms with E-state index in [9.17, 15) is 0 Å². The minimum absolute atomic E-state index is 0.469. The third-order valence-corrected chi connectivity index (χ3v) is 7.79. The summed E-state index contributed by atoms with van der Waals surface area (Å²) in [5.41, 5.74) is 2.63. The van der Waals surface area contributed by atoms with E-state index in [0.717, 1.165) is 74.2 Å². The Morgan fingerprint density at radius 1 is 0.947 bits per heavy atom. The first-order valence-corrected chi connectivity index (χ1v) is 14.4. The largest absolute Gasteiger partial charge is 0.354 e. The number of unbranched alkanes of at least 4 members (excludes halogenated alkanes) is 3. The molecule has 3 aromatic rings. The van der Waals surface area contributed by atoms with Crippen molar-refractivity contribution in [3.05, 3.63) is 24.7 Å². The predicted molar refractivity (Wildman–Crippen MR) is 156 cm³/mol. The van der Waals surface area contributed by atoms with E-state index in [-0.39, 0.29) is 0 Å². The number of pyridine rings is 1. The monoisotopic (exact) mass is 520 g/mol. The first-order valence-electron chi connectivity index (χ1n) is 14.4. The second kappa shape index (κ2) is 12.7. The van der Waals surface area contributed by atoms with Gasteiger partial charge in [-0.25, -0.2) is 9.97 Å². The topological polar surface area (TPSA) is 90.3 Å². The molecule has 1 aliphatic heterocycles. The molecular weight excluding hydrogens is 476 g/mol. The number of rotatable bonds is 12. The highest BCUT2D eigenvalue weighted by molar-refractivity contribution is 5.86. The molecule has 10 nitrogen and oxygen atoms in total. The van der Waals surface area contributed by atoms with Crippen LogP contribution in [0.5, 0.6) is 0 Å². The first kappa shape index (κ1) is 26.6. The number of piperazine rings is 1. The minimum Gasteiger partial charge on any atom is -0.354 e. The molecule has 2 aliphatic rings. The number of nitrogens with one attached hydrogen (secondary N) is 2. The van der Waals surface area contributed by atoms with Crippen molar-refractivity contribution in [3.8, 4) is 0 Å². The maximum absolute atomic E-state index is 4.93. The standard InChI is InChI=1S/C28H44N10/c1-35(2)15-9-5-4-8-14-29-28-33-26(25-27(34-28)38(21-31-25)23-10-6-7-11-23)32-22-12-13-24(30-20-22)37-18-16-36(3)17-19-37/h12-13,20-21,23H,4-11,14-19H2,1-3H3,(H2,29,32,33,34). The van der Waals surface area contributed by atoms with Crippen LogP contribution >= 0.6 is 0 Å². The van der Waals surface area contributed by atoms with Gasteiger partial charge in [0.2, 0.25) is 5.95 Å². The van der Waals surface area contributed by atoms with Gasteiger partial charge in [0.25, 0.3) is 0 Å². The number of nitrogens with zero attached hydrogens (tertiary/aromatic N) is 8. The van der Waals surface area contributed by atoms with Crippen LogP contribution in [-0.2, 0) is 0 Å². The van der Waals surface area contributed by atoms with Gasteiger partial charge < -0.3 is 29.9 Å². The fourth-order valence-corrected chi connectivity index (χ4v) is 5.46. The van der Waals surface area contributed by atoms with E-state index in [2.05, 4.69) is 63.2 Å². The highest BCUT2D eigenvalue weighted by Gasteiger charge is 2.22. The number of imidazole rings is 1. The Morgan fingerprint density at radius 2 is 1.74 bits per heavy atom. The van der Waals surface area contributed by atoms with Crippen molar-refractivity contribution in [2.45, 2.75) is 57.4 Å². The molecule has 0 atom stereocenters. The van der Waals surface area contributed by atoms with E-state index in [4.69, 9.17) is 19.9 Å². The van der Waals surface area contributed by atoms with Gasteiger partial charge in [-0.05, 0) is 65.5 Å². The normalized spacial score (nSPS) is 17.1. The van der Waals surface area contributed by atoms with Gasteiger partial charge in [0.05, 0.1) is 18.2 Å². The third-order valence-electron chi connectivity index (χ3n) is 7.79. The molecule has 5 rings (SSSR count). The summed E-state index contributed by atoms with van der Waals surface area (Å²) in [4.78, 5) is 26.2. The van der Waals surface area contributed by atoms with Crippen LogP contribution in [0.2, 0.25) is 0 Å². The lowest BCUT2D eigenvalue weighted by atomic mass is 10.2.